The molecule has 3 heterocycles. The summed E-state index contributed by atoms with van der Waals surface area (Å²) < 4.78 is -0.661. The Hall–Kier alpha value is -2.26. The van der Waals surface area contributed by atoms with Crippen molar-refractivity contribution in [2.45, 2.75) is 82.4 Å². The van der Waals surface area contributed by atoms with Gasteiger partial charge in [0.15, 0.2) is 0 Å². The Bertz CT molecular complexity index is 1010. The fourth-order valence-corrected chi connectivity index (χ4v) is 9.03. The number of anilines is 2. The number of hydrogen-bond donors (Lipinski definition) is 3. The first-order valence-electron chi connectivity index (χ1n) is 14.3. The molecule has 3 N–H and O–H groups in total. The second kappa shape index (κ2) is 11.9. The Morgan fingerprint density at radius 3 is 2.42 bits per heavy atom. The van der Waals surface area contributed by atoms with Crippen LogP contribution in [0.5, 0.6) is 0 Å². The van der Waals surface area contributed by atoms with Crippen molar-refractivity contribution in [3.63, 3.8) is 0 Å². The molecule has 6 atom stereocenters. The molecule has 38 heavy (non-hydrogen) atoms. The number of aliphatic hydroxyl groups is 1. The minimum Gasteiger partial charge on any atom is -0.394 e. The summed E-state index contributed by atoms with van der Waals surface area (Å²) in [5.41, 5.74) is 1.77. The zero-order valence-corrected chi connectivity index (χ0v) is 24.2. The first-order chi connectivity index (χ1) is 18.2. The Balaban J connectivity index is 1.67. The molecule has 3 aliphatic rings. The summed E-state index contributed by atoms with van der Waals surface area (Å²) in [5.74, 6) is -1.23. The Morgan fingerprint density at radius 1 is 1.16 bits per heavy atom. The van der Waals surface area contributed by atoms with E-state index >= 15 is 0 Å². The third kappa shape index (κ3) is 5.04. The lowest BCUT2D eigenvalue weighted by atomic mass is 9.70. The molecule has 4 rings (SSSR count). The summed E-state index contributed by atoms with van der Waals surface area (Å²) in [7, 11) is 0. The van der Waals surface area contributed by atoms with Gasteiger partial charge in [0.05, 0.1) is 29.2 Å². The molecule has 9 heteroatoms. The molecule has 8 nitrogen and oxygen atoms in total. The average molecular weight is 545 g/mol. The fraction of sp³-hybridized carbons (Fsp3) is 0.690. The van der Waals surface area contributed by atoms with Gasteiger partial charge in [0.1, 0.15) is 6.04 Å². The SMILES string of the molecule is CCCNC(=O)[C@@H]1[C@H]2C(=O)N([C@@H](CO)CC(C)C)C(C(=O)Nc3ccc(N(CC)CC)cc3)C23CC[C@H]1S3. The zero-order chi connectivity index (χ0) is 27.6. The highest BCUT2D eigenvalue weighted by atomic mass is 32.2. The van der Waals surface area contributed by atoms with Crippen molar-refractivity contribution in [2.75, 3.05) is 36.5 Å². The van der Waals surface area contributed by atoms with E-state index in [4.69, 9.17) is 0 Å². The van der Waals surface area contributed by atoms with Gasteiger partial charge in [-0.05, 0) is 69.7 Å². The van der Waals surface area contributed by atoms with E-state index in [1.165, 1.54) is 0 Å². The topological polar surface area (TPSA) is 102 Å². The van der Waals surface area contributed by atoms with Crippen LogP contribution in [0.15, 0.2) is 24.3 Å². The third-order valence-electron chi connectivity index (χ3n) is 8.45. The van der Waals surface area contributed by atoms with Crippen LogP contribution in [0.3, 0.4) is 0 Å². The Labute approximate surface area is 231 Å². The number of hydrogen-bond acceptors (Lipinski definition) is 6. The number of carbonyl (C=O) groups is 3. The molecule has 1 aromatic carbocycles. The summed E-state index contributed by atoms with van der Waals surface area (Å²) in [6.45, 7) is 12.5. The molecule has 1 spiro atoms. The molecule has 0 radical (unpaired) electrons. The van der Waals surface area contributed by atoms with Crippen LogP contribution in [-0.4, -0.2) is 76.0 Å². The van der Waals surface area contributed by atoms with Crippen molar-refractivity contribution in [2.24, 2.45) is 17.8 Å². The molecule has 0 aromatic heterocycles. The zero-order valence-electron chi connectivity index (χ0n) is 23.4. The van der Waals surface area contributed by atoms with Gasteiger partial charge in [-0.2, -0.15) is 0 Å². The molecular weight excluding hydrogens is 500 g/mol. The van der Waals surface area contributed by atoms with Crippen molar-refractivity contribution < 1.29 is 19.5 Å². The van der Waals surface area contributed by atoms with E-state index in [2.05, 4.69) is 43.2 Å². The number of carbonyl (C=O) groups excluding carboxylic acids is 3. The number of nitrogens with one attached hydrogen (secondary N) is 2. The van der Waals surface area contributed by atoms with Gasteiger partial charge in [-0.3, -0.25) is 14.4 Å². The molecule has 0 saturated carbocycles. The minimum absolute atomic E-state index is 0.0317. The van der Waals surface area contributed by atoms with Crippen LogP contribution >= 0.6 is 11.8 Å². The molecule has 3 aliphatic heterocycles. The molecule has 3 saturated heterocycles. The van der Waals surface area contributed by atoms with Crippen molar-refractivity contribution in [3.8, 4) is 0 Å². The molecular formula is C29H44N4O4S. The van der Waals surface area contributed by atoms with Crippen molar-refractivity contribution in [3.05, 3.63) is 24.3 Å². The van der Waals surface area contributed by atoms with E-state index in [9.17, 15) is 19.5 Å². The van der Waals surface area contributed by atoms with Crippen LogP contribution in [0.1, 0.15) is 60.3 Å². The smallest absolute Gasteiger partial charge is 0.248 e. The molecule has 210 valence electrons. The molecule has 3 fully saturated rings. The van der Waals surface area contributed by atoms with Gasteiger partial charge < -0.3 is 25.5 Å². The number of amides is 3. The fourth-order valence-electron chi connectivity index (χ4n) is 6.83. The van der Waals surface area contributed by atoms with E-state index in [0.29, 0.717) is 25.1 Å². The van der Waals surface area contributed by atoms with Crippen LogP contribution in [0.2, 0.25) is 0 Å². The summed E-state index contributed by atoms with van der Waals surface area (Å²) in [6, 6.07) is 6.60. The maximum Gasteiger partial charge on any atom is 0.248 e. The monoisotopic (exact) mass is 544 g/mol. The summed E-state index contributed by atoms with van der Waals surface area (Å²) >= 11 is 1.66. The van der Waals surface area contributed by atoms with Crippen molar-refractivity contribution >= 4 is 40.9 Å². The lowest BCUT2D eigenvalue weighted by Gasteiger charge is -2.37. The number of rotatable bonds is 12. The van der Waals surface area contributed by atoms with Crippen molar-refractivity contribution in [1.29, 1.82) is 0 Å². The first-order valence-corrected chi connectivity index (χ1v) is 15.1. The highest BCUT2D eigenvalue weighted by molar-refractivity contribution is 8.02. The lowest BCUT2D eigenvalue weighted by molar-refractivity contribution is -0.142. The van der Waals surface area contributed by atoms with Gasteiger partial charge in [0, 0.05) is 36.3 Å². The molecule has 2 bridgehead atoms. The number of thioether (sulfide) groups is 1. The minimum atomic E-state index is -0.739. The van der Waals surface area contributed by atoms with Crippen molar-refractivity contribution in [1.82, 2.24) is 10.2 Å². The largest absolute Gasteiger partial charge is 0.394 e. The second-order valence-corrected chi connectivity index (χ2v) is 12.9. The van der Waals surface area contributed by atoms with Crippen LogP contribution in [0.25, 0.3) is 0 Å². The normalized spacial score (nSPS) is 28.5. The van der Waals surface area contributed by atoms with Gasteiger partial charge in [-0.25, -0.2) is 0 Å². The number of nitrogens with zero attached hydrogens (tertiary/aromatic N) is 2. The van der Waals surface area contributed by atoms with E-state index < -0.39 is 28.7 Å². The number of fused-ring (bicyclic) bond motifs is 1. The van der Waals surface area contributed by atoms with Gasteiger partial charge in [-0.15, -0.1) is 11.8 Å². The maximum absolute atomic E-state index is 14.1. The van der Waals surface area contributed by atoms with Crippen LogP contribution < -0.4 is 15.5 Å². The highest BCUT2D eigenvalue weighted by Gasteiger charge is 2.74. The first kappa shape index (κ1) is 28.7. The van der Waals surface area contributed by atoms with Crippen LogP contribution in [0.4, 0.5) is 11.4 Å². The predicted molar refractivity (Wildman–Crippen MR) is 153 cm³/mol. The standard InChI is InChI=1S/C29H44N4O4S/c1-6-15-30-26(35)23-22-13-14-29(38-22)24(23)28(37)33(21(17-34)16-18(4)5)25(29)27(36)31-19-9-11-20(12-10-19)32(7-2)8-3/h9-12,18,21-25,34H,6-8,13-17H2,1-5H3,(H,30,35)(H,31,36)/t21-,22-,23+,24+,25?,29?/m1/s1. The van der Waals surface area contributed by atoms with Gasteiger partial charge in [0.2, 0.25) is 17.7 Å². The molecule has 2 unspecified atom stereocenters. The Kier molecular flexibility index (Phi) is 8.97. The van der Waals surface area contributed by atoms with Gasteiger partial charge in [0.25, 0.3) is 0 Å². The molecule has 1 aromatic rings. The highest BCUT2D eigenvalue weighted by Crippen LogP contribution is 2.66. The predicted octanol–water partition coefficient (Wildman–Crippen LogP) is 3.50. The van der Waals surface area contributed by atoms with Crippen LogP contribution in [0, 0.1) is 17.8 Å². The van der Waals surface area contributed by atoms with E-state index in [1.807, 2.05) is 31.2 Å². The summed E-state index contributed by atoms with van der Waals surface area (Å²) in [5, 5.41) is 16.5. The third-order valence-corrected chi connectivity index (χ3v) is 10.4. The van der Waals surface area contributed by atoms with Crippen LogP contribution in [-0.2, 0) is 14.4 Å². The quantitative estimate of drug-likeness (QED) is 0.372. The van der Waals surface area contributed by atoms with E-state index in [1.54, 1.807) is 16.7 Å². The second-order valence-electron chi connectivity index (χ2n) is 11.3. The van der Waals surface area contributed by atoms with E-state index in [0.717, 1.165) is 31.6 Å². The maximum atomic E-state index is 14.1. The van der Waals surface area contributed by atoms with Gasteiger partial charge >= 0.3 is 0 Å². The van der Waals surface area contributed by atoms with Gasteiger partial charge in [-0.1, -0.05) is 20.8 Å². The summed E-state index contributed by atoms with van der Waals surface area (Å²) in [6.07, 6.45) is 2.94. The Morgan fingerprint density at radius 2 is 1.84 bits per heavy atom. The number of benzene rings is 1. The van der Waals surface area contributed by atoms with E-state index in [-0.39, 0.29) is 35.5 Å². The lowest BCUT2D eigenvalue weighted by Crippen LogP contribution is -2.55. The average Bonchev–Trinajstić information content (AvgIpc) is 3.54. The molecule has 0 aliphatic carbocycles. The molecule has 3 amide bonds. The number of likely N-dealkylation sites (tertiary alicyclic amines) is 1. The number of aliphatic hydroxyl groups excluding tert-OH is 1. The summed E-state index contributed by atoms with van der Waals surface area (Å²) in [4.78, 5) is 45.3.